The minimum absolute atomic E-state index is 0.0903. The highest BCUT2D eigenvalue weighted by Gasteiger charge is 2.02. The van der Waals surface area contributed by atoms with Gasteiger partial charge in [0.15, 0.2) is 0 Å². The lowest BCUT2D eigenvalue weighted by atomic mass is 10.2. The molecule has 0 aliphatic carbocycles. The zero-order valence-electron chi connectivity index (χ0n) is 15.2. The standard InChI is InChI=1S/C6H14O3S.C5H12O3S.C3H10N2/c1-2-3-4-5-6-10(7,8)9;1-2-3-4-5-9(6,7)8;1-5-3-2-4/h2-6H2,1H3,(H,7,8,9);2-5H2,1H3,(H,6,7,8);5H,2-4H2,1H3. The van der Waals surface area contributed by atoms with Crippen LogP contribution in [0.3, 0.4) is 0 Å². The number of likely N-dealkylation sites (N-methyl/N-ethyl adjacent to an activating group) is 1. The van der Waals surface area contributed by atoms with Crippen LogP contribution < -0.4 is 11.1 Å². The van der Waals surface area contributed by atoms with Gasteiger partial charge in [-0.3, -0.25) is 9.11 Å². The fraction of sp³-hybridized carbons (Fsp3) is 1.00. The lowest BCUT2D eigenvalue weighted by Crippen LogP contribution is -2.17. The van der Waals surface area contributed by atoms with E-state index >= 15 is 0 Å². The Kier molecular flexibility index (Phi) is 22.7. The summed E-state index contributed by atoms with van der Waals surface area (Å²) in [7, 11) is -5.52. The topological polar surface area (TPSA) is 147 Å². The number of rotatable bonds is 11. The molecule has 0 amide bonds. The second kappa shape index (κ2) is 19.1. The van der Waals surface area contributed by atoms with E-state index in [-0.39, 0.29) is 11.5 Å². The van der Waals surface area contributed by atoms with E-state index in [0.717, 1.165) is 45.2 Å². The Morgan fingerprint density at radius 3 is 1.42 bits per heavy atom. The van der Waals surface area contributed by atoms with Crippen molar-refractivity contribution in [1.29, 1.82) is 0 Å². The molecule has 0 saturated carbocycles. The molecule has 0 aromatic heterocycles. The molecule has 0 aliphatic rings. The van der Waals surface area contributed by atoms with Crippen LogP contribution in [0.1, 0.15) is 58.8 Å². The van der Waals surface area contributed by atoms with Gasteiger partial charge < -0.3 is 11.1 Å². The van der Waals surface area contributed by atoms with Gasteiger partial charge in [-0.2, -0.15) is 16.8 Å². The molecule has 150 valence electrons. The summed E-state index contributed by atoms with van der Waals surface area (Å²) in [6.45, 7) is 5.67. The maximum Gasteiger partial charge on any atom is 0.264 e. The molecule has 0 spiro atoms. The molecule has 8 nitrogen and oxygen atoms in total. The fourth-order valence-corrected chi connectivity index (χ4v) is 2.53. The number of nitrogens with two attached hydrogens (primary N) is 1. The molecule has 0 rings (SSSR count). The molecule has 0 bridgehead atoms. The zero-order valence-corrected chi connectivity index (χ0v) is 16.8. The van der Waals surface area contributed by atoms with Gasteiger partial charge in [0, 0.05) is 13.1 Å². The van der Waals surface area contributed by atoms with Crippen molar-refractivity contribution in [3.05, 3.63) is 0 Å². The van der Waals surface area contributed by atoms with Crippen LogP contribution in [-0.2, 0) is 20.2 Å². The monoisotopic (exact) mass is 392 g/mol. The largest absolute Gasteiger partial charge is 0.329 e. The van der Waals surface area contributed by atoms with Crippen LogP contribution in [0.5, 0.6) is 0 Å². The Morgan fingerprint density at radius 1 is 0.792 bits per heavy atom. The summed E-state index contributed by atoms with van der Waals surface area (Å²) < 4.78 is 56.9. The van der Waals surface area contributed by atoms with E-state index in [2.05, 4.69) is 5.32 Å². The number of unbranched alkanes of at least 4 members (excludes halogenated alkanes) is 5. The van der Waals surface area contributed by atoms with E-state index in [1.165, 1.54) is 0 Å². The van der Waals surface area contributed by atoms with Crippen molar-refractivity contribution < 1.29 is 25.9 Å². The molecule has 0 fully saturated rings. The van der Waals surface area contributed by atoms with Crippen LogP contribution in [0.25, 0.3) is 0 Å². The Morgan fingerprint density at radius 2 is 1.17 bits per heavy atom. The van der Waals surface area contributed by atoms with Crippen molar-refractivity contribution in [2.45, 2.75) is 58.8 Å². The first kappa shape index (κ1) is 28.5. The lowest BCUT2D eigenvalue weighted by Gasteiger charge is -1.95. The average Bonchev–Trinajstić information content (AvgIpc) is 2.44. The molecule has 0 saturated heterocycles. The highest BCUT2D eigenvalue weighted by molar-refractivity contribution is 7.86. The van der Waals surface area contributed by atoms with Gasteiger partial charge in [-0.15, -0.1) is 0 Å². The van der Waals surface area contributed by atoms with Crippen LogP contribution in [0.15, 0.2) is 0 Å². The first-order valence-corrected chi connectivity index (χ1v) is 11.5. The van der Waals surface area contributed by atoms with Crippen molar-refractivity contribution in [3.63, 3.8) is 0 Å². The van der Waals surface area contributed by atoms with Crippen LogP contribution in [0, 0.1) is 0 Å². The summed E-state index contributed by atoms with van der Waals surface area (Å²) in [5.41, 5.74) is 5.08. The minimum atomic E-state index is -3.70. The number of nitrogens with one attached hydrogen (secondary N) is 1. The Labute approximate surface area is 148 Å². The van der Waals surface area contributed by atoms with Crippen LogP contribution in [0.4, 0.5) is 0 Å². The summed E-state index contributed by atoms with van der Waals surface area (Å²) in [4.78, 5) is 0. The molecule has 0 atom stereocenters. The van der Waals surface area contributed by atoms with Crippen molar-refractivity contribution in [3.8, 4) is 0 Å². The molecule has 0 aromatic rings. The molecule has 24 heavy (non-hydrogen) atoms. The molecule has 10 heteroatoms. The maximum atomic E-state index is 10.1. The quantitative estimate of drug-likeness (QED) is 0.307. The van der Waals surface area contributed by atoms with E-state index in [0.29, 0.717) is 12.8 Å². The molecule has 0 radical (unpaired) electrons. The fourth-order valence-electron chi connectivity index (χ4n) is 1.39. The smallest absolute Gasteiger partial charge is 0.264 e. The Hall–Kier alpha value is -0.260. The van der Waals surface area contributed by atoms with Gasteiger partial charge in [0.1, 0.15) is 0 Å². The van der Waals surface area contributed by atoms with Crippen LogP contribution in [-0.4, -0.2) is 57.6 Å². The van der Waals surface area contributed by atoms with E-state index in [4.69, 9.17) is 14.8 Å². The third kappa shape index (κ3) is 43.0. The summed E-state index contributed by atoms with van der Waals surface area (Å²) >= 11 is 0. The van der Waals surface area contributed by atoms with Gasteiger partial charge in [0.2, 0.25) is 0 Å². The summed E-state index contributed by atoms with van der Waals surface area (Å²) in [5.74, 6) is -0.187. The van der Waals surface area contributed by atoms with Gasteiger partial charge >= 0.3 is 0 Å². The molecular formula is C14H36N2O6S2. The van der Waals surface area contributed by atoms with Crippen molar-refractivity contribution >= 4 is 20.2 Å². The highest BCUT2D eigenvalue weighted by atomic mass is 32.2. The first-order chi connectivity index (χ1) is 11.0. The highest BCUT2D eigenvalue weighted by Crippen LogP contribution is 2.00. The Balaban J connectivity index is -0.000000291. The predicted molar refractivity (Wildman–Crippen MR) is 99.5 cm³/mol. The van der Waals surface area contributed by atoms with E-state index in [1.807, 2.05) is 20.9 Å². The molecule has 0 aliphatic heterocycles. The minimum Gasteiger partial charge on any atom is -0.329 e. The van der Waals surface area contributed by atoms with Gasteiger partial charge in [-0.25, -0.2) is 0 Å². The van der Waals surface area contributed by atoms with Crippen LogP contribution >= 0.6 is 0 Å². The SMILES string of the molecule is CCCCCCS(=O)(=O)O.CCCCCS(=O)(=O)O.CNCCN. The molecule has 0 heterocycles. The average molecular weight is 393 g/mol. The van der Waals surface area contributed by atoms with Crippen molar-refractivity contribution in [1.82, 2.24) is 5.32 Å². The second-order valence-corrected chi connectivity index (χ2v) is 8.38. The lowest BCUT2D eigenvalue weighted by molar-refractivity contribution is 0.477. The van der Waals surface area contributed by atoms with Gasteiger partial charge in [-0.1, -0.05) is 46.0 Å². The summed E-state index contributed by atoms with van der Waals surface area (Å²) in [5, 5.41) is 2.89. The van der Waals surface area contributed by atoms with Gasteiger partial charge in [0.25, 0.3) is 20.2 Å². The number of hydrogen-bond acceptors (Lipinski definition) is 6. The van der Waals surface area contributed by atoms with Gasteiger partial charge in [-0.05, 0) is 19.9 Å². The third-order valence-electron chi connectivity index (χ3n) is 2.66. The maximum absolute atomic E-state index is 10.1. The van der Waals surface area contributed by atoms with Gasteiger partial charge in [0.05, 0.1) is 11.5 Å². The van der Waals surface area contributed by atoms with E-state index < -0.39 is 20.2 Å². The van der Waals surface area contributed by atoms with E-state index in [9.17, 15) is 16.8 Å². The summed E-state index contributed by atoms with van der Waals surface area (Å²) in [6, 6.07) is 0. The molecule has 0 unspecified atom stereocenters. The second-order valence-electron chi connectivity index (χ2n) is 5.23. The predicted octanol–water partition coefficient (Wildman–Crippen LogP) is 1.68. The molecule has 5 N–H and O–H groups in total. The summed E-state index contributed by atoms with van der Waals surface area (Å²) in [6.07, 6.45) is 5.97. The zero-order chi connectivity index (χ0) is 19.5. The third-order valence-corrected chi connectivity index (χ3v) is 4.27. The van der Waals surface area contributed by atoms with Crippen molar-refractivity contribution in [2.24, 2.45) is 5.73 Å². The van der Waals surface area contributed by atoms with Crippen LogP contribution in [0.2, 0.25) is 0 Å². The van der Waals surface area contributed by atoms with Crippen molar-refractivity contribution in [2.75, 3.05) is 31.6 Å². The Bertz CT molecular complexity index is 436. The first-order valence-electron chi connectivity index (χ1n) is 8.29. The normalized spacial score (nSPS) is 11.1. The molecular weight excluding hydrogens is 356 g/mol. The number of hydrogen-bond donors (Lipinski definition) is 4. The van der Waals surface area contributed by atoms with E-state index in [1.54, 1.807) is 0 Å². The molecule has 0 aromatic carbocycles.